The lowest BCUT2D eigenvalue weighted by Crippen LogP contribution is -2.44. The molecule has 0 amide bonds. The van der Waals surface area contributed by atoms with Crippen molar-refractivity contribution in [2.24, 2.45) is 5.84 Å². The molecule has 0 aliphatic carbocycles. The van der Waals surface area contributed by atoms with Crippen LogP contribution in [-0.4, -0.2) is 0 Å². The molecule has 1 unspecified atom stereocenters. The Hall–Kier alpha value is -1.64. The maximum absolute atomic E-state index is 5.98. The topological polar surface area (TPSA) is 38.0 Å². The van der Waals surface area contributed by atoms with Crippen molar-refractivity contribution in [2.75, 3.05) is 0 Å². The molecule has 112 valence electrons. The summed E-state index contributed by atoms with van der Waals surface area (Å²) in [6.07, 6.45) is 2.08. The third kappa shape index (κ3) is 3.02. The third-order valence-corrected chi connectivity index (χ3v) is 4.71. The van der Waals surface area contributed by atoms with Crippen molar-refractivity contribution >= 4 is 0 Å². The maximum atomic E-state index is 5.98. The molecule has 0 bridgehead atoms. The predicted molar refractivity (Wildman–Crippen MR) is 89.9 cm³/mol. The average Bonchev–Trinajstić information content (AvgIpc) is 2.53. The van der Waals surface area contributed by atoms with E-state index in [4.69, 9.17) is 5.84 Å². The van der Waals surface area contributed by atoms with Gasteiger partial charge in [0, 0.05) is 5.41 Å². The van der Waals surface area contributed by atoms with Crippen LogP contribution in [0.2, 0.25) is 0 Å². The van der Waals surface area contributed by atoms with Gasteiger partial charge in [-0.15, -0.1) is 0 Å². The highest BCUT2D eigenvalue weighted by molar-refractivity contribution is 5.34. The van der Waals surface area contributed by atoms with E-state index in [-0.39, 0.29) is 11.5 Å². The Kier molecular flexibility index (Phi) is 5.16. The van der Waals surface area contributed by atoms with Crippen LogP contribution in [0.15, 0.2) is 54.6 Å². The fourth-order valence-corrected chi connectivity index (χ4v) is 3.43. The molecule has 0 heterocycles. The van der Waals surface area contributed by atoms with Crippen LogP contribution in [0.25, 0.3) is 0 Å². The van der Waals surface area contributed by atoms with Gasteiger partial charge in [0.15, 0.2) is 0 Å². The second kappa shape index (κ2) is 6.88. The summed E-state index contributed by atoms with van der Waals surface area (Å²) in [5.74, 6) is 5.98. The number of nitrogens with two attached hydrogens (primary N) is 1. The summed E-state index contributed by atoms with van der Waals surface area (Å²) >= 11 is 0. The lowest BCUT2D eigenvalue weighted by Gasteiger charge is -2.40. The molecule has 1 atom stereocenters. The standard InChI is InChI=1S/C19H26N2/c1-4-19(5-2,17-12-7-6-8-13-17)18(21-20)16-11-9-10-15(3)14-16/h6-14,18,21H,4-5,20H2,1-3H3. The molecule has 0 aliphatic heterocycles. The van der Waals surface area contributed by atoms with Gasteiger partial charge in [0.1, 0.15) is 0 Å². The minimum atomic E-state index is 0.00377. The molecule has 2 aromatic rings. The molecule has 0 saturated carbocycles. The van der Waals surface area contributed by atoms with Crippen LogP contribution in [0.5, 0.6) is 0 Å². The third-order valence-electron chi connectivity index (χ3n) is 4.71. The van der Waals surface area contributed by atoms with Gasteiger partial charge in [-0.2, -0.15) is 0 Å². The summed E-state index contributed by atoms with van der Waals surface area (Å²) in [5.41, 5.74) is 6.96. The van der Waals surface area contributed by atoms with E-state index in [0.717, 1.165) is 12.8 Å². The first kappa shape index (κ1) is 15.7. The van der Waals surface area contributed by atoms with Crippen LogP contribution in [-0.2, 0) is 5.41 Å². The second-order valence-corrected chi connectivity index (χ2v) is 5.74. The van der Waals surface area contributed by atoms with E-state index in [0.29, 0.717) is 0 Å². The zero-order chi connectivity index (χ0) is 15.3. The summed E-state index contributed by atoms with van der Waals surface area (Å²) in [5, 5.41) is 0. The molecule has 2 rings (SSSR count). The molecule has 0 fully saturated rings. The van der Waals surface area contributed by atoms with Crippen molar-refractivity contribution < 1.29 is 0 Å². The van der Waals surface area contributed by atoms with Gasteiger partial charge in [-0.25, -0.2) is 0 Å². The fourth-order valence-electron chi connectivity index (χ4n) is 3.43. The Morgan fingerprint density at radius 3 is 2.19 bits per heavy atom. The Labute approximate surface area is 128 Å². The van der Waals surface area contributed by atoms with Crippen LogP contribution >= 0.6 is 0 Å². The number of hydrogen-bond donors (Lipinski definition) is 2. The Morgan fingerprint density at radius 2 is 1.67 bits per heavy atom. The predicted octanol–water partition coefficient (Wildman–Crippen LogP) is 4.26. The summed E-state index contributed by atoms with van der Waals surface area (Å²) < 4.78 is 0. The number of nitrogens with one attached hydrogen (secondary N) is 1. The molecule has 0 spiro atoms. The SMILES string of the molecule is CCC(CC)(c1ccccc1)C(NN)c1cccc(C)c1. The molecule has 0 aromatic heterocycles. The molecule has 2 aromatic carbocycles. The Morgan fingerprint density at radius 1 is 1.00 bits per heavy atom. The molecule has 2 nitrogen and oxygen atoms in total. The van der Waals surface area contributed by atoms with Gasteiger partial charge in [-0.1, -0.05) is 74.0 Å². The monoisotopic (exact) mass is 282 g/mol. The smallest absolute Gasteiger partial charge is 0.0556 e. The second-order valence-electron chi connectivity index (χ2n) is 5.74. The van der Waals surface area contributed by atoms with Crippen molar-refractivity contribution in [1.29, 1.82) is 0 Å². The average molecular weight is 282 g/mol. The van der Waals surface area contributed by atoms with Crippen molar-refractivity contribution in [1.82, 2.24) is 5.43 Å². The van der Waals surface area contributed by atoms with Crippen LogP contribution < -0.4 is 11.3 Å². The van der Waals surface area contributed by atoms with E-state index in [9.17, 15) is 0 Å². The zero-order valence-corrected chi connectivity index (χ0v) is 13.3. The summed E-state index contributed by atoms with van der Waals surface area (Å²) in [4.78, 5) is 0. The Balaban J connectivity index is 2.54. The normalized spacial score (nSPS) is 13.1. The quantitative estimate of drug-likeness (QED) is 0.614. The fraction of sp³-hybridized carbons (Fsp3) is 0.368. The molecular formula is C19H26N2. The zero-order valence-electron chi connectivity index (χ0n) is 13.3. The molecule has 0 aliphatic rings. The molecule has 3 N–H and O–H groups in total. The first-order chi connectivity index (χ1) is 10.2. The minimum Gasteiger partial charge on any atom is -0.271 e. The highest BCUT2D eigenvalue weighted by Gasteiger charge is 2.37. The number of aryl methyl sites for hydroxylation is 1. The van der Waals surface area contributed by atoms with Gasteiger partial charge < -0.3 is 0 Å². The van der Waals surface area contributed by atoms with Crippen LogP contribution in [0.4, 0.5) is 0 Å². The van der Waals surface area contributed by atoms with Crippen molar-refractivity contribution in [3.8, 4) is 0 Å². The number of rotatable bonds is 6. The minimum absolute atomic E-state index is 0.00377. The largest absolute Gasteiger partial charge is 0.271 e. The van der Waals surface area contributed by atoms with E-state index in [1.54, 1.807) is 0 Å². The molecule has 21 heavy (non-hydrogen) atoms. The highest BCUT2D eigenvalue weighted by Crippen LogP contribution is 2.42. The lowest BCUT2D eigenvalue weighted by atomic mass is 9.68. The number of hydrazine groups is 1. The van der Waals surface area contributed by atoms with E-state index < -0.39 is 0 Å². The van der Waals surface area contributed by atoms with E-state index in [1.165, 1.54) is 16.7 Å². The Bertz CT molecular complexity index is 559. The maximum Gasteiger partial charge on any atom is 0.0556 e. The number of hydrogen-bond acceptors (Lipinski definition) is 2. The van der Waals surface area contributed by atoms with E-state index in [2.05, 4.69) is 80.8 Å². The van der Waals surface area contributed by atoms with E-state index in [1.807, 2.05) is 0 Å². The van der Waals surface area contributed by atoms with Gasteiger partial charge in [-0.3, -0.25) is 11.3 Å². The van der Waals surface area contributed by atoms with Gasteiger partial charge in [-0.05, 0) is 30.9 Å². The molecule has 0 radical (unpaired) electrons. The van der Waals surface area contributed by atoms with Crippen molar-refractivity contribution in [3.05, 3.63) is 71.3 Å². The van der Waals surface area contributed by atoms with Crippen molar-refractivity contribution in [2.45, 2.75) is 45.1 Å². The van der Waals surface area contributed by atoms with Crippen LogP contribution in [0.3, 0.4) is 0 Å². The molecular weight excluding hydrogens is 256 g/mol. The van der Waals surface area contributed by atoms with Gasteiger partial charge >= 0.3 is 0 Å². The van der Waals surface area contributed by atoms with Crippen molar-refractivity contribution in [3.63, 3.8) is 0 Å². The highest BCUT2D eigenvalue weighted by atomic mass is 15.2. The first-order valence-electron chi connectivity index (χ1n) is 7.76. The van der Waals surface area contributed by atoms with E-state index >= 15 is 0 Å². The molecule has 0 saturated heterocycles. The lowest BCUT2D eigenvalue weighted by molar-refractivity contribution is 0.276. The summed E-state index contributed by atoms with van der Waals surface area (Å²) in [7, 11) is 0. The van der Waals surface area contributed by atoms with Gasteiger partial charge in [0.2, 0.25) is 0 Å². The summed E-state index contributed by atoms with van der Waals surface area (Å²) in [6, 6.07) is 19.5. The molecule has 2 heteroatoms. The van der Waals surface area contributed by atoms with Crippen LogP contribution in [0.1, 0.15) is 49.4 Å². The van der Waals surface area contributed by atoms with Gasteiger partial charge in [0.25, 0.3) is 0 Å². The van der Waals surface area contributed by atoms with Gasteiger partial charge in [0.05, 0.1) is 6.04 Å². The van der Waals surface area contributed by atoms with Crippen LogP contribution in [0, 0.1) is 6.92 Å². The summed E-state index contributed by atoms with van der Waals surface area (Å²) in [6.45, 7) is 6.62. The first-order valence-corrected chi connectivity index (χ1v) is 7.76. The number of benzene rings is 2.